The van der Waals surface area contributed by atoms with Crippen LogP contribution in [-0.4, -0.2) is 34.1 Å². The molecule has 6 nitrogen and oxygen atoms in total. The molecule has 41 heavy (non-hydrogen) atoms. The van der Waals surface area contributed by atoms with Gasteiger partial charge in [0.15, 0.2) is 11.6 Å². The van der Waals surface area contributed by atoms with E-state index < -0.39 is 11.9 Å². The van der Waals surface area contributed by atoms with Gasteiger partial charge in [0.25, 0.3) is 0 Å². The van der Waals surface area contributed by atoms with E-state index in [1.807, 2.05) is 17.0 Å². The zero-order valence-electron chi connectivity index (χ0n) is 23.9. The van der Waals surface area contributed by atoms with Crippen molar-refractivity contribution in [1.82, 2.24) is 4.90 Å². The van der Waals surface area contributed by atoms with E-state index in [0.717, 1.165) is 17.0 Å². The number of ether oxygens (including phenoxy) is 1. The van der Waals surface area contributed by atoms with Gasteiger partial charge in [-0.2, -0.15) is 0 Å². The van der Waals surface area contributed by atoms with Gasteiger partial charge in [-0.1, -0.05) is 52.0 Å². The zero-order chi connectivity index (χ0) is 29.7. The van der Waals surface area contributed by atoms with Crippen molar-refractivity contribution >= 4 is 33.5 Å². The second-order valence-electron chi connectivity index (χ2n) is 12.9. The van der Waals surface area contributed by atoms with Gasteiger partial charge in [0.05, 0.1) is 10.9 Å². The summed E-state index contributed by atoms with van der Waals surface area (Å²) in [6.45, 7) is 8.47. The number of carboxylic acids is 1. The quantitative estimate of drug-likeness (QED) is 0.348. The fourth-order valence-electron chi connectivity index (χ4n) is 6.44. The normalized spacial score (nSPS) is 20.2. The van der Waals surface area contributed by atoms with Crippen molar-refractivity contribution in [2.45, 2.75) is 72.3 Å². The van der Waals surface area contributed by atoms with E-state index in [1.165, 1.54) is 6.07 Å². The fraction of sp³-hybridized carbons (Fsp3) is 0.424. The van der Waals surface area contributed by atoms with Crippen LogP contribution in [0.15, 0.2) is 69.5 Å². The Labute approximate surface area is 248 Å². The number of hydrogen-bond acceptors (Lipinski definition) is 5. The molecule has 0 saturated carbocycles. The van der Waals surface area contributed by atoms with E-state index >= 15 is 0 Å². The summed E-state index contributed by atoms with van der Waals surface area (Å²) in [7, 11) is 0. The molecule has 1 N–H and O–H groups in total. The van der Waals surface area contributed by atoms with Crippen molar-refractivity contribution in [3.63, 3.8) is 0 Å². The number of Topliss-reactive ketones (excluding diaryl/α,β-unsaturated/α-hetero) is 2. The highest BCUT2D eigenvalue weighted by Gasteiger charge is 2.49. The molecule has 2 aromatic carbocycles. The number of carbonyl (C=O) groups excluding carboxylic acids is 2. The molecule has 0 aromatic heterocycles. The summed E-state index contributed by atoms with van der Waals surface area (Å²) in [6.07, 6.45) is 1.83. The largest absolute Gasteiger partial charge is 0.488 e. The fourth-order valence-corrected chi connectivity index (χ4v) is 6.95. The lowest BCUT2D eigenvalue weighted by atomic mass is 9.63. The van der Waals surface area contributed by atoms with Gasteiger partial charge in [-0.25, -0.2) is 4.39 Å². The van der Waals surface area contributed by atoms with Crippen molar-refractivity contribution in [2.24, 2.45) is 10.8 Å². The molecule has 1 aliphatic heterocycles. The first-order valence-corrected chi connectivity index (χ1v) is 14.7. The second kappa shape index (κ2) is 10.9. The van der Waals surface area contributed by atoms with Gasteiger partial charge in [-0.15, -0.1) is 0 Å². The van der Waals surface area contributed by atoms with Gasteiger partial charge in [0.1, 0.15) is 18.2 Å². The van der Waals surface area contributed by atoms with Gasteiger partial charge in [0, 0.05) is 53.4 Å². The summed E-state index contributed by atoms with van der Waals surface area (Å²) < 4.78 is 20.7. The molecule has 0 spiro atoms. The number of benzene rings is 2. The molecule has 0 atom stereocenters. The van der Waals surface area contributed by atoms with Gasteiger partial charge >= 0.3 is 5.97 Å². The number of allylic oxidation sites excluding steroid dienone is 4. The van der Waals surface area contributed by atoms with Crippen LogP contribution in [0.2, 0.25) is 0 Å². The molecule has 0 radical (unpaired) electrons. The van der Waals surface area contributed by atoms with E-state index in [9.17, 15) is 23.9 Å². The van der Waals surface area contributed by atoms with Gasteiger partial charge in [-0.3, -0.25) is 14.4 Å². The van der Waals surface area contributed by atoms with E-state index in [4.69, 9.17) is 4.74 Å². The van der Waals surface area contributed by atoms with Crippen molar-refractivity contribution in [3.05, 3.63) is 86.4 Å². The number of halogens is 2. The number of carbonyl (C=O) groups is 3. The van der Waals surface area contributed by atoms with E-state index in [2.05, 4.69) is 43.6 Å². The summed E-state index contributed by atoms with van der Waals surface area (Å²) >= 11 is 3.60. The van der Waals surface area contributed by atoms with Crippen LogP contribution in [0.3, 0.4) is 0 Å². The Bertz CT molecular complexity index is 1450. The van der Waals surface area contributed by atoms with Crippen molar-refractivity contribution < 1.29 is 28.6 Å². The molecule has 0 amide bonds. The maximum absolute atomic E-state index is 14.1. The van der Waals surface area contributed by atoms with Crippen molar-refractivity contribution in [2.75, 3.05) is 6.54 Å². The van der Waals surface area contributed by atoms with Crippen LogP contribution in [0.5, 0.6) is 5.75 Å². The lowest BCUT2D eigenvalue weighted by molar-refractivity contribution is -0.137. The van der Waals surface area contributed by atoms with Crippen molar-refractivity contribution in [3.8, 4) is 5.75 Å². The summed E-state index contributed by atoms with van der Waals surface area (Å²) in [5, 5.41) is 9.53. The Morgan fingerprint density at radius 3 is 2.10 bits per heavy atom. The van der Waals surface area contributed by atoms with E-state index in [0.29, 0.717) is 52.6 Å². The average Bonchev–Trinajstić information content (AvgIpc) is 2.85. The molecule has 2 aliphatic carbocycles. The molecular weight excluding hydrogens is 589 g/mol. The molecule has 2 aromatic rings. The molecule has 3 aliphatic rings. The third kappa shape index (κ3) is 5.89. The summed E-state index contributed by atoms with van der Waals surface area (Å²) in [4.78, 5) is 41.3. The first-order chi connectivity index (χ1) is 19.3. The Balaban J connectivity index is 1.61. The number of carboxylic acid groups (broad SMARTS) is 1. The van der Waals surface area contributed by atoms with Crippen LogP contribution in [0.1, 0.15) is 76.8 Å². The minimum atomic E-state index is -0.922. The van der Waals surface area contributed by atoms with Crippen LogP contribution in [0.4, 0.5) is 4.39 Å². The van der Waals surface area contributed by atoms with Gasteiger partial charge in [-0.05, 0) is 63.4 Å². The van der Waals surface area contributed by atoms with Gasteiger partial charge in [0.2, 0.25) is 0 Å². The Kier molecular flexibility index (Phi) is 7.74. The molecule has 5 rings (SSSR count). The van der Waals surface area contributed by atoms with Crippen LogP contribution in [0, 0.1) is 16.6 Å². The topological polar surface area (TPSA) is 83.9 Å². The maximum atomic E-state index is 14.1. The highest BCUT2D eigenvalue weighted by molar-refractivity contribution is 9.10. The molecule has 216 valence electrons. The molecule has 0 bridgehead atoms. The molecule has 0 saturated heterocycles. The van der Waals surface area contributed by atoms with Crippen LogP contribution in [0.25, 0.3) is 0 Å². The molecule has 0 unspecified atom stereocenters. The summed E-state index contributed by atoms with van der Waals surface area (Å²) in [5.41, 5.74) is 3.48. The van der Waals surface area contributed by atoms with Gasteiger partial charge < -0.3 is 14.7 Å². The lowest BCUT2D eigenvalue weighted by Gasteiger charge is -2.49. The van der Waals surface area contributed by atoms with Crippen LogP contribution >= 0.6 is 15.9 Å². The number of aliphatic carboxylic acids is 1. The predicted molar refractivity (Wildman–Crippen MR) is 157 cm³/mol. The SMILES string of the molecule is CC1(C)CC(=O)C2=C(C1)N(CCC(=O)O)C1=C(C(=O)CC(C)(C)C1)C2c1ccc(OCc2ccccc2F)c(Br)c1. The zero-order valence-corrected chi connectivity index (χ0v) is 25.4. The smallest absolute Gasteiger partial charge is 0.305 e. The highest BCUT2D eigenvalue weighted by Crippen LogP contribution is 2.54. The number of hydrogen-bond donors (Lipinski definition) is 1. The number of ketones is 2. The van der Waals surface area contributed by atoms with Crippen LogP contribution in [-0.2, 0) is 21.0 Å². The Hall–Kier alpha value is -3.26. The lowest BCUT2D eigenvalue weighted by Crippen LogP contribution is -2.45. The Morgan fingerprint density at radius 1 is 0.976 bits per heavy atom. The first-order valence-electron chi connectivity index (χ1n) is 13.9. The first kappa shape index (κ1) is 29.2. The number of nitrogens with zero attached hydrogens (tertiary/aromatic N) is 1. The molecule has 0 fully saturated rings. The second-order valence-corrected chi connectivity index (χ2v) is 13.8. The third-order valence-electron chi connectivity index (χ3n) is 8.20. The van der Waals surface area contributed by atoms with Crippen LogP contribution < -0.4 is 4.74 Å². The summed E-state index contributed by atoms with van der Waals surface area (Å²) in [5.74, 6) is -1.32. The molecular formula is C33H35BrFNO5. The van der Waals surface area contributed by atoms with E-state index in [-0.39, 0.29) is 47.8 Å². The monoisotopic (exact) mass is 623 g/mol. The number of rotatable bonds is 7. The molecule has 8 heteroatoms. The maximum Gasteiger partial charge on any atom is 0.305 e. The summed E-state index contributed by atoms with van der Waals surface area (Å²) in [6, 6.07) is 12.0. The average molecular weight is 625 g/mol. The van der Waals surface area contributed by atoms with Crippen molar-refractivity contribution in [1.29, 1.82) is 0 Å². The predicted octanol–water partition coefficient (Wildman–Crippen LogP) is 7.33. The third-order valence-corrected chi connectivity index (χ3v) is 8.82. The van der Waals surface area contributed by atoms with E-state index in [1.54, 1.807) is 24.3 Å². The minimum absolute atomic E-state index is 0.0123. The minimum Gasteiger partial charge on any atom is -0.488 e. The highest BCUT2D eigenvalue weighted by atomic mass is 79.9. The Morgan fingerprint density at radius 2 is 1.56 bits per heavy atom. The standard InChI is InChI=1S/C33H35BrFNO5/c1-32(2)14-23-30(25(37)16-32)29(31-24(36(23)12-11-28(39)40)15-33(3,4)17-26(31)38)19-9-10-27(21(34)13-19)41-18-20-7-5-6-8-22(20)35/h5-10,13,29H,11-12,14-18H2,1-4H3,(H,39,40). The molecule has 1 heterocycles.